The van der Waals surface area contributed by atoms with Gasteiger partial charge < -0.3 is 4.98 Å². The van der Waals surface area contributed by atoms with Crippen molar-refractivity contribution in [3.63, 3.8) is 0 Å². The van der Waals surface area contributed by atoms with Crippen molar-refractivity contribution in [2.45, 2.75) is 20.3 Å². The molecule has 2 rings (SSSR count). The Morgan fingerprint density at radius 2 is 2.20 bits per heavy atom. The van der Waals surface area contributed by atoms with Crippen LogP contribution in [0.5, 0.6) is 0 Å². The minimum Gasteiger partial charge on any atom is -0.304 e. The van der Waals surface area contributed by atoms with Gasteiger partial charge in [0.15, 0.2) is 11.6 Å². The quantitative estimate of drug-likeness (QED) is 0.744. The molecule has 0 amide bonds. The van der Waals surface area contributed by atoms with Gasteiger partial charge in [0.1, 0.15) is 6.33 Å². The van der Waals surface area contributed by atoms with Gasteiger partial charge in [0.2, 0.25) is 0 Å². The molecule has 0 unspecified atom stereocenters. The first-order valence-corrected chi connectivity index (χ1v) is 4.68. The highest BCUT2D eigenvalue weighted by atomic mass is 16.1. The molecule has 2 heterocycles. The van der Waals surface area contributed by atoms with Crippen LogP contribution < -0.4 is 5.56 Å². The normalized spacial score (nSPS) is 10.5. The van der Waals surface area contributed by atoms with Crippen molar-refractivity contribution in [1.82, 2.24) is 25.1 Å². The predicted octanol–water partition coefficient (Wildman–Crippen LogP) is 0.426. The smallest absolute Gasteiger partial charge is 0.254 e. The van der Waals surface area contributed by atoms with E-state index in [2.05, 4.69) is 25.1 Å². The number of aryl methyl sites for hydroxylation is 1. The maximum absolute atomic E-state index is 11.6. The van der Waals surface area contributed by atoms with Crippen molar-refractivity contribution in [3.05, 3.63) is 27.9 Å². The van der Waals surface area contributed by atoms with Crippen LogP contribution in [0.3, 0.4) is 0 Å². The summed E-state index contributed by atoms with van der Waals surface area (Å²) in [6.07, 6.45) is 2.09. The van der Waals surface area contributed by atoms with Crippen LogP contribution in [0, 0.1) is 6.92 Å². The second-order valence-electron chi connectivity index (χ2n) is 3.17. The van der Waals surface area contributed by atoms with Crippen LogP contribution in [0.15, 0.2) is 11.1 Å². The van der Waals surface area contributed by atoms with Crippen molar-refractivity contribution in [2.24, 2.45) is 0 Å². The minimum atomic E-state index is -0.131. The third kappa shape index (κ3) is 1.65. The number of hydrogen-bond acceptors (Lipinski definition) is 4. The van der Waals surface area contributed by atoms with Crippen molar-refractivity contribution in [1.29, 1.82) is 0 Å². The van der Waals surface area contributed by atoms with E-state index in [1.807, 2.05) is 6.92 Å². The Labute approximate surface area is 85.8 Å². The summed E-state index contributed by atoms with van der Waals surface area (Å²) in [6.45, 7) is 3.72. The molecule has 0 aromatic carbocycles. The van der Waals surface area contributed by atoms with Gasteiger partial charge in [-0.3, -0.25) is 9.89 Å². The molecule has 0 radical (unpaired) electrons. The standard InChI is InChI=1S/C9H11N5O/c1-3-6-5(2)9(15)13-8(12-6)7-10-4-11-14-7/h4H,3H2,1-2H3,(H,10,11,14)(H,12,13,15). The van der Waals surface area contributed by atoms with E-state index < -0.39 is 0 Å². The van der Waals surface area contributed by atoms with Crippen LogP contribution in [-0.4, -0.2) is 25.1 Å². The van der Waals surface area contributed by atoms with Crippen LogP contribution >= 0.6 is 0 Å². The summed E-state index contributed by atoms with van der Waals surface area (Å²) in [5.41, 5.74) is 1.30. The van der Waals surface area contributed by atoms with E-state index in [0.717, 1.165) is 12.1 Å². The lowest BCUT2D eigenvalue weighted by Gasteiger charge is -2.02. The number of aromatic nitrogens is 5. The second-order valence-corrected chi connectivity index (χ2v) is 3.17. The molecule has 2 aromatic heterocycles. The number of hydrogen-bond donors (Lipinski definition) is 2. The van der Waals surface area contributed by atoms with Gasteiger partial charge >= 0.3 is 0 Å². The molecule has 0 aliphatic rings. The molecule has 2 aromatic rings. The third-order valence-electron chi connectivity index (χ3n) is 2.23. The van der Waals surface area contributed by atoms with Gasteiger partial charge in [-0.2, -0.15) is 5.10 Å². The zero-order valence-electron chi connectivity index (χ0n) is 8.53. The fraction of sp³-hybridized carbons (Fsp3) is 0.333. The molecule has 0 aliphatic heterocycles. The Kier molecular flexibility index (Phi) is 2.32. The molecule has 0 fully saturated rings. The lowest BCUT2D eigenvalue weighted by Crippen LogP contribution is -2.16. The molecule has 0 atom stereocenters. The maximum Gasteiger partial charge on any atom is 0.254 e. The van der Waals surface area contributed by atoms with Gasteiger partial charge in [0.25, 0.3) is 5.56 Å². The van der Waals surface area contributed by atoms with Crippen LogP contribution in [-0.2, 0) is 6.42 Å². The molecule has 78 valence electrons. The predicted molar refractivity (Wildman–Crippen MR) is 54.3 cm³/mol. The lowest BCUT2D eigenvalue weighted by molar-refractivity contribution is 0.940. The van der Waals surface area contributed by atoms with Gasteiger partial charge in [-0.05, 0) is 13.3 Å². The molecule has 0 aliphatic carbocycles. The van der Waals surface area contributed by atoms with Gasteiger partial charge in [0, 0.05) is 5.56 Å². The van der Waals surface area contributed by atoms with E-state index in [1.54, 1.807) is 6.92 Å². The van der Waals surface area contributed by atoms with Gasteiger partial charge in [-0.15, -0.1) is 0 Å². The van der Waals surface area contributed by atoms with Crippen molar-refractivity contribution < 1.29 is 0 Å². The summed E-state index contributed by atoms with van der Waals surface area (Å²) >= 11 is 0. The highest BCUT2D eigenvalue weighted by Crippen LogP contribution is 2.07. The van der Waals surface area contributed by atoms with Crippen molar-refractivity contribution >= 4 is 0 Å². The molecule has 0 spiro atoms. The van der Waals surface area contributed by atoms with Crippen LogP contribution in [0.1, 0.15) is 18.2 Å². The van der Waals surface area contributed by atoms with E-state index in [4.69, 9.17) is 0 Å². The molecule has 0 saturated carbocycles. The van der Waals surface area contributed by atoms with Crippen LogP contribution in [0.2, 0.25) is 0 Å². The van der Waals surface area contributed by atoms with E-state index in [9.17, 15) is 4.79 Å². The van der Waals surface area contributed by atoms with Crippen molar-refractivity contribution in [2.75, 3.05) is 0 Å². The highest BCUT2D eigenvalue weighted by molar-refractivity contribution is 5.42. The Balaban J connectivity index is 2.61. The number of H-pyrrole nitrogens is 2. The molecule has 2 N–H and O–H groups in total. The molecule has 0 saturated heterocycles. The maximum atomic E-state index is 11.6. The van der Waals surface area contributed by atoms with Crippen molar-refractivity contribution in [3.8, 4) is 11.6 Å². The monoisotopic (exact) mass is 205 g/mol. The minimum absolute atomic E-state index is 0.131. The number of nitrogens with zero attached hydrogens (tertiary/aromatic N) is 3. The van der Waals surface area contributed by atoms with E-state index in [0.29, 0.717) is 17.2 Å². The average molecular weight is 205 g/mol. The summed E-state index contributed by atoms with van der Waals surface area (Å²) in [5.74, 6) is 0.904. The zero-order chi connectivity index (χ0) is 10.8. The molecule has 6 nitrogen and oxygen atoms in total. The largest absolute Gasteiger partial charge is 0.304 e. The molecule has 15 heavy (non-hydrogen) atoms. The summed E-state index contributed by atoms with van der Waals surface area (Å²) in [5, 5.41) is 6.37. The fourth-order valence-electron chi connectivity index (χ4n) is 1.36. The summed E-state index contributed by atoms with van der Waals surface area (Å²) < 4.78 is 0. The first-order valence-electron chi connectivity index (χ1n) is 4.68. The Bertz CT molecular complexity index is 514. The molecular formula is C9H11N5O. The third-order valence-corrected chi connectivity index (χ3v) is 2.23. The summed E-state index contributed by atoms with van der Waals surface area (Å²) in [6, 6.07) is 0. The van der Waals surface area contributed by atoms with Gasteiger partial charge in [0.05, 0.1) is 5.69 Å². The Morgan fingerprint density at radius 3 is 2.80 bits per heavy atom. The Morgan fingerprint density at radius 1 is 1.40 bits per heavy atom. The van der Waals surface area contributed by atoms with Gasteiger partial charge in [-0.25, -0.2) is 9.97 Å². The van der Waals surface area contributed by atoms with E-state index in [-0.39, 0.29) is 5.56 Å². The van der Waals surface area contributed by atoms with E-state index in [1.165, 1.54) is 6.33 Å². The second kappa shape index (κ2) is 3.64. The first kappa shape index (κ1) is 9.57. The van der Waals surface area contributed by atoms with Gasteiger partial charge in [-0.1, -0.05) is 6.92 Å². The van der Waals surface area contributed by atoms with Crippen LogP contribution in [0.4, 0.5) is 0 Å². The number of nitrogens with one attached hydrogen (secondary N) is 2. The SMILES string of the molecule is CCc1nc(-c2ncn[nH]2)[nH]c(=O)c1C. The summed E-state index contributed by atoms with van der Waals surface area (Å²) in [4.78, 5) is 22.4. The first-order chi connectivity index (χ1) is 7.22. The Hall–Kier alpha value is -1.98. The zero-order valence-corrected chi connectivity index (χ0v) is 8.53. The topological polar surface area (TPSA) is 87.3 Å². The lowest BCUT2D eigenvalue weighted by atomic mass is 10.2. The molecule has 0 bridgehead atoms. The number of rotatable bonds is 2. The van der Waals surface area contributed by atoms with Crippen LogP contribution in [0.25, 0.3) is 11.6 Å². The number of aromatic amines is 2. The summed E-state index contributed by atoms with van der Waals surface area (Å²) in [7, 11) is 0. The molecular weight excluding hydrogens is 194 g/mol. The van der Waals surface area contributed by atoms with E-state index >= 15 is 0 Å². The fourth-order valence-corrected chi connectivity index (χ4v) is 1.36. The molecule has 6 heteroatoms. The highest BCUT2D eigenvalue weighted by Gasteiger charge is 2.08. The average Bonchev–Trinajstić information content (AvgIpc) is 2.75.